The summed E-state index contributed by atoms with van der Waals surface area (Å²) in [6, 6.07) is 18.2. The zero-order valence-corrected chi connectivity index (χ0v) is 17.7. The van der Waals surface area contributed by atoms with E-state index in [0.717, 1.165) is 17.7 Å². The SMILES string of the molecule is O=C(NCc1nnc2ccccn12)[C@@H](Cc1ccccc1)NS(=O)(=O)c1ccccc1F. The molecule has 2 heterocycles. The second-order valence-electron chi connectivity index (χ2n) is 7.06. The summed E-state index contributed by atoms with van der Waals surface area (Å²) in [4.78, 5) is 12.5. The number of benzene rings is 2. The highest BCUT2D eigenvalue weighted by Gasteiger charge is 2.28. The molecule has 1 atom stereocenters. The number of nitrogens with one attached hydrogen (secondary N) is 2. The fourth-order valence-electron chi connectivity index (χ4n) is 3.25. The van der Waals surface area contributed by atoms with Crippen LogP contribution in [0.2, 0.25) is 0 Å². The summed E-state index contributed by atoms with van der Waals surface area (Å²) >= 11 is 0. The summed E-state index contributed by atoms with van der Waals surface area (Å²) in [6.07, 6.45) is 1.85. The Balaban J connectivity index is 1.56. The van der Waals surface area contributed by atoms with Gasteiger partial charge in [-0.05, 0) is 36.2 Å². The molecule has 0 aliphatic heterocycles. The van der Waals surface area contributed by atoms with E-state index in [2.05, 4.69) is 20.2 Å². The molecule has 164 valence electrons. The van der Waals surface area contributed by atoms with Gasteiger partial charge in [0.2, 0.25) is 15.9 Å². The van der Waals surface area contributed by atoms with E-state index in [-0.39, 0.29) is 13.0 Å². The lowest BCUT2D eigenvalue weighted by Gasteiger charge is -2.19. The monoisotopic (exact) mass is 453 g/mol. The molecule has 0 fully saturated rings. The van der Waals surface area contributed by atoms with Gasteiger partial charge in [0.05, 0.1) is 6.54 Å². The molecule has 0 bridgehead atoms. The number of fused-ring (bicyclic) bond motifs is 1. The topological polar surface area (TPSA) is 105 Å². The van der Waals surface area contributed by atoms with Gasteiger partial charge >= 0.3 is 0 Å². The first-order valence-electron chi connectivity index (χ1n) is 9.81. The van der Waals surface area contributed by atoms with Crippen molar-refractivity contribution in [2.24, 2.45) is 0 Å². The van der Waals surface area contributed by atoms with Crippen molar-refractivity contribution in [2.45, 2.75) is 23.9 Å². The van der Waals surface area contributed by atoms with Crippen molar-refractivity contribution < 1.29 is 17.6 Å². The van der Waals surface area contributed by atoms with Crippen molar-refractivity contribution in [3.8, 4) is 0 Å². The van der Waals surface area contributed by atoms with Crippen molar-refractivity contribution in [1.29, 1.82) is 0 Å². The molecule has 4 rings (SSSR count). The van der Waals surface area contributed by atoms with Gasteiger partial charge in [0.25, 0.3) is 0 Å². The Labute approximate surface area is 184 Å². The number of nitrogens with zero attached hydrogens (tertiary/aromatic N) is 3. The molecule has 0 spiro atoms. The molecular weight excluding hydrogens is 433 g/mol. The van der Waals surface area contributed by atoms with E-state index in [4.69, 9.17) is 0 Å². The minimum Gasteiger partial charge on any atom is -0.347 e. The molecule has 10 heteroatoms. The van der Waals surface area contributed by atoms with Crippen molar-refractivity contribution in [2.75, 3.05) is 0 Å². The fourth-order valence-corrected chi connectivity index (χ4v) is 4.53. The van der Waals surface area contributed by atoms with Crippen LogP contribution in [0.1, 0.15) is 11.4 Å². The van der Waals surface area contributed by atoms with E-state index in [0.29, 0.717) is 11.5 Å². The average Bonchev–Trinajstić information content (AvgIpc) is 3.21. The maximum Gasteiger partial charge on any atom is 0.244 e. The number of carbonyl (C=O) groups is 1. The Morgan fingerprint density at radius 3 is 2.47 bits per heavy atom. The predicted octanol–water partition coefficient (Wildman–Crippen LogP) is 2.07. The summed E-state index contributed by atoms with van der Waals surface area (Å²) in [7, 11) is -4.28. The number of sulfonamides is 1. The van der Waals surface area contributed by atoms with E-state index in [1.807, 2.05) is 18.2 Å². The van der Waals surface area contributed by atoms with Gasteiger partial charge in [-0.15, -0.1) is 10.2 Å². The molecule has 32 heavy (non-hydrogen) atoms. The average molecular weight is 453 g/mol. The number of rotatable bonds is 8. The normalized spacial score (nSPS) is 12.5. The van der Waals surface area contributed by atoms with Gasteiger partial charge in [0, 0.05) is 6.20 Å². The van der Waals surface area contributed by atoms with Crippen LogP contribution < -0.4 is 10.0 Å². The Hall–Kier alpha value is -3.63. The van der Waals surface area contributed by atoms with Crippen LogP contribution in [0.15, 0.2) is 83.9 Å². The largest absolute Gasteiger partial charge is 0.347 e. The van der Waals surface area contributed by atoms with Gasteiger partial charge in [0.1, 0.15) is 16.8 Å². The smallest absolute Gasteiger partial charge is 0.244 e. The Bertz CT molecular complexity index is 1340. The van der Waals surface area contributed by atoms with E-state index in [1.165, 1.54) is 12.1 Å². The van der Waals surface area contributed by atoms with Gasteiger partial charge in [-0.3, -0.25) is 9.20 Å². The van der Waals surface area contributed by atoms with Crippen LogP contribution in [0.4, 0.5) is 4.39 Å². The first kappa shape index (κ1) is 21.6. The molecular formula is C22H20FN5O3S. The Morgan fingerprint density at radius 1 is 0.969 bits per heavy atom. The molecule has 0 aliphatic rings. The number of aromatic nitrogens is 3. The lowest BCUT2D eigenvalue weighted by atomic mass is 10.1. The third-order valence-electron chi connectivity index (χ3n) is 4.83. The van der Waals surface area contributed by atoms with Gasteiger partial charge < -0.3 is 5.32 Å². The Kier molecular flexibility index (Phi) is 6.24. The Morgan fingerprint density at radius 2 is 1.69 bits per heavy atom. The van der Waals surface area contributed by atoms with Crippen LogP contribution in [0.5, 0.6) is 0 Å². The third-order valence-corrected chi connectivity index (χ3v) is 6.33. The van der Waals surface area contributed by atoms with Crippen molar-refractivity contribution in [1.82, 2.24) is 24.6 Å². The molecule has 0 unspecified atom stereocenters. The molecule has 4 aromatic rings. The van der Waals surface area contributed by atoms with Crippen LogP contribution in [0.3, 0.4) is 0 Å². The van der Waals surface area contributed by atoms with Crippen LogP contribution in [0, 0.1) is 5.82 Å². The van der Waals surface area contributed by atoms with E-state index >= 15 is 0 Å². The maximum absolute atomic E-state index is 14.1. The van der Waals surface area contributed by atoms with Gasteiger partial charge in [0.15, 0.2) is 11.5 Å². The number of amides is 1. The number of hydrogen-bond acceptors (Lipinski definition) is 5. The van der Waals surface area contributed by atoms with Crippen molar-refractivity contribution in [3.63, 3.8) is 0 Å². The summed E-state index contributed by atoms with van der Waals surface area (Å²) in [5.41, 5.74) is 1.37. The molecule has 2 aromatic heterocycles. The minimum atomic E-state index is -4.28. The predicted molar refractivity (Wildman–Crippen MR) is 115 cm³/mol. The van der Waals surface area contributed by atoms with Crippen LogP contribution in [-0.2, 0) is 27.8 Å². The van der Waals surface area contributed by atoms with E-state index in [9.17, 15) is 17.6 Å². The standard InChI is InChI=1S/C22H20FN5O3S/c23-17-10-4-5-11-19(17)32(30,31)27-18(14-16-8-2-1-3-9-16)22(29)24-15-21-26-25-20-12-6-7-13-28(20)21/h1-13,18,27H,14-15H2,(H,24,29)/t18-/m1/s1. The maximum atomic E-state index is 14.1. The molecule has 8 nitrogen and oxygen atoms in total. The quantitative estimate of drug-likeness (QED) is 0.425. The summed E-state index contributed by atoms with van der Waals surface area (Å²) in [5, 5.41) is 10.8. The van der Waals surface area contributed by atoms with Gasteiger partial charge in [-0.1, -0.05) is 48.5 Å². The number of pyridine rings is 1. The zero-order valence-electron chi connectivity index (χ0n) is 16.8. The molecule has 2 N–H and O–H groups in total. The van der Waals surface area contributed by atoms with Gasteiger partial charge in [-0.25, -0.2) is 12.8 Å². The third kappa shape index (κ3) is 4.82. The van der Waals surface area contributed by atoms with Crippen LogP contribution in [0.25, 0.3) is 5.65 Å². The second-order valence-corrected chi connectivity index (χ2v) is 8.74. The minimum absolute atomic E-state index is 0.0384. The first-order chi connectivity index (χ1) is 15.4. The number of halogens is 1. The first-order valence-corrected chi connectivity index (χ1v) is 11.3. The molecule has 0 saturated carbocycles. The lowest BCUT2D eigenvalue weighted by molar-refractivity contribution is -0.122. The number of carbonyl (C=O) groups excluding carboxylic acids is 1. The molecule has 0 aliphatic carbocycles. The molecule has 0 radical (unpaired) electrons. The molecule has 1 amide bonds. The highest BCUT2D eigenvalue weighted by atomic mass is 32.2. The van der Waals surface area contributed by atoms with E-state index in [1.54, 1.807) is 40.9 Å². The van der Waals surface area contributed by atoms with Crippen molar-refractivity contribution in [3.05, 3.63) is 96.2 Å². The summed E-state index contributed by atoms with van der Waals surface area (Å²) in [5.74, 6) is -0.973. The summed E-state index contributed by atoms with van der Waals surface area (Å²) < 4.78 is 43.8. The highest BCUT2D eigenvalue weighted by molar-refractivity contribution is 7.89. The van der Waals surface area contributed by atoms with Crippen molar-refractivity contribution >= 4 is 21.6 Å². The molecule has 0 saturated heterocycles. The summed E-state index contributed by atoms with van der Waals surface area (Å²) in [6.45, 7) is 0.0384. The fraction of sp³-hybridized carbons (Fsp3) is 0.136. The molecule has 2 aromatic carbocycles. The van der Waals surface area contributed by atoms with Crippen LogP contribution in [-0.4, -0.2) is 35.0 Å². The van der Waals surface area contributed by atoms with Gasteiger partial charge in [-0.2, -0.15) is 4.72 Å². The zero-order chi connectivity index (χ0) is 22.6. The van der Waals surface area contributed by atoms with E-state index < -0.39 is 32.7 Å². The van der Waals surface area contributed by atoms with Crippen LogP contribution >= 0.6 is 0 Å². The lowest BCUT2D eigenvalue weighted by Crippen LogP contribution is -2.48. The highest BCUT2D eigenvalue weighted by Crippen LogP contribution is 2.15. The number of hydrogen-bond donors (Lipinski definition) is 2. The second kappa shape index (κ2) is 9.25.